The molecule has 1 saturated carbocycles. The third-order valence-electron chi connectivity index (χ3n) is 3.37. The van der Waals surface area contributed by atoms with E-state index in [1.54, 1.807) is 0 Å². The first-order valence-electron chi connectivity index (χ1n) is 6.20. The second-order valence-corrected chi connectivity index (χ2v) is 4.80. The van der Waals surface area contributed by atoms with E-state index in [2.05, 4.69) is 19.9 Å². The van der Waals surface area contributed by atoms with Gasteiger partial charge in [-0.3, -0.25) is 4.90 Å². The van der Waals surface area contributed by atoms with Gasteiger partial charge in [-0.05, 0) is 19.9 Å². The zero-order valence-electron chi connectivity index (χ0n) is 10.6. The average Bonchev–Trinajstić information content (AvgIpc) is 2.27. The molecule has 7 heteroatoms. The van der Waals surface area contributed by atoms with Crippen molar-refractivity contribution < 1.29 is 5.11 Å². The Morgan fingerprint density at radius 3 is 2.39 bits per heavy atom. The van der Waals surface area contributed by atoms with Crippen molar-refractivity contribution in [2.45, 2.75) is 44.4 Å². The van der Waals surface area contributed by atoms with Gasteiger partial charge in [-0.15, -0.1) is 0 Å². The van der Waals surface area contributed by atoms with Crippen LogP contribution in [-0.4, -0.2) is 44.2 Å². The maximum absolute atomic E-state index is 9.98. The molecular weight excluding hydrogens is 232 g/mol. The van der Waals surface area contributed by atoms with E-state index in [0.29, 0.717) is 12.4 Å². The van der Waals surface area contributed by atoms with Gasteiger partial charge in [0.05, 0.1) is 12.6 Å². The minimum absolute atomic E-state index is 0.134. The molecule has 0 bridgehead atoms. The molecule has 0 saturated heterocycles. The zero-order chi connectivity index (χ0) is 13.1. The minimum atomic E-state index is -0.278. The Morgan fingerprint density at radius 2 is 1.78 bits per heavy atom. The van der Waals surface area contributed by atoms with Crippen molar-refractivity contribution in [2.75, 3.05) is 18.5 Å². The number of aliphatic hydroxyl groups excluding tert-OH is 1. The minimum Gasteiger partial charge on any atom is -0.391 e. The lowest BCUT2D eigenvalue weighted by molar-refractivity contribution is 0.0278. The highest BCUT2D eigenvalue weighted by molar-refractivity contribution is 5.25. The lowest BCUT2D eigenvalue weighted by Crippen LogP contribution is -2.43. The van der Waals surface area contributed by atoms with Gasteiger partial charge in [0.15, 0.2) is 0 Å². The SMILES string of the molecule is CN(Cc1nc(N)nc(N)n1)C1CCCCC1O. The lowest BCUT2D eigenvalue weighted by atomic mass is 9.91. The summed E-state index contributed by atoms with van der Waals surface area (Å²) in [5.74, 6) is 0.811. The first-order valence-corrected chi connectivity index (χ1v) is 6.20. The van der Waals surface area contributed by atoms with Crippen molar-refractivity contribution in [3.05, 3.63) is 5.82 Å². The van der Waals surface area contributed by atoms with E-state index in [9.17, 15) is 5.11 Å². The van der Waals surface area contributed by atoms with Crippen molar-refractivity contribution in [2.24, 2.45) is 0 Å². The van der Waals surface area contributed by atoms with Gasteiger partial charge in [0.25, 0.3) is 0 Å². The predicted molar refractivity (Wildman–Crippen MR) is 68.4 cm³/mol. The standard InChI is InChI=1S/C11H20N6O/c1-17(7-4-2-3-5-8(7)18)6-9-14-10(12)16-11(13)15-9/h7-8,18H,2-6H2,1H3,(H4,12,13,14,15,16). The fourth-order valence-electron chi connectivity index (χ4n) is 2.47. The summed E-state index contributed by atoms with van der Waals surface area (Å²) < 4.78 is 0. The second-order valence-electron chi connectivity index (χ2n) is 4.80. The summed E-state index contributed by atoms with van der Waals surface area (Å²) >= 11 is 0. The van der Waals surface area contributed by atoms with Crippen molar-refractivity contribution in [3.63, 3.8) is 0 Å². The number of likely N-dealkylation sites (N-methyl/N-ethyl adjacent to an activating group) is 1. The molecule has 2 atom stereocenters. The van der Waals surface area contributed by atoms with E-state index >= 15 is 0 Å². The van der Waals surface area contributed by atoms with Crippen molar-refractivity contribution in [3.8, 4) is 0 Å². The van der Waals surface area contributed by atoms with E-state index < -0.39 is 0 Å². The Kier molecular flexibility index (Phi) is 3.93. The van der Waals surface area contributed by atoms with Gasteiger partial charge in [-0.2, -0.15) is 15.0 Å². The molecule has 1 aliphatic rings. The van der Waals surface area contributed by atoms with Crippen LogP contribution in [0.2, 0.25) is 0 Å². The van der Waals surface area contributed by atoms with Gasteiger partial charge in [-0.25, -0.2) is 0 Å². The number of aliphatic hydroxyl groups is 1. The predicted octanol–water partition coefficient (Wildman–Crippen LogP) is -0.229. The fraction of sp³-hybridized carbons (Fsp3) is 0.727. The summed E-state index contributed by atoms with van der Waals surface area (Å²) in [6.45, 7) is 0.513. The molecule has 1 aromatic rings. The molecule has 0 amide bonds. The summed E-state index contributed by atoms with van der Waals surface area (Å²) in [6.07, 6.45) is 3.81. The summed E-state index contributed by atoms with van der Waals surface area (Å²) in [5, 5.41) is 9.98. The van der Waals surface area contributed by atoms with Crippen LogP contribution < -0.4 is 11.5 Å². The topological polar surface area (TPSA) is 114 Å². The van der Waals surface area contributed by atoms with Crippen LogP contribution in [0.4, 0.5) is 11.9 Å². The first kappa shape index (κ1) is 13.0. The Bertz CT molecular complexity index is 392. The van der Waals surface area contributed by atoms with Crippen molar-refractivity contribution >= 4 is 11.9 Å². The molecule has 1 aliphatic carbocycles. The second kappa shape index (κ2) is 5.45. The summed E-state index contributed by atoms with van der Waals surface area (Å²) in [6, 6.07) is 0.151. The van der Waals surface area contributed by atoms with Crippen LogP contribution in [0.1, 0.15) is 31.5 Å². The van der Waals surface area contributed by atoms with Crippen molar-refractivity contribution in [1.82, 2.24) is 19.9 Å². The van der Waals surface area contributed by atoms with E-state index in [1.165, 1.54) is 0 Å². The summed E-state index contributed by atoms with van der Waals surface area (Å²) in [5.41, 5.74) is 11.1. The Labute approximate surface area is 106 Å². The Hall–Kier alpha value is -1.47. The van der Waals surface area contributed by atoms with Crippen molar-refractivity contribution in [1.29, 1.82) is 0 Å². The molecule has 5 N–H and O–H groups in total. The number of anilines is 2. The molecule has 18 heavy (non-hydrogen) atoms. The van der Waals surface area contributed by atoms with Crippen LogP contribution in [0.25, 0.3) is 0 Å². The van der Waals surface area contributed by atoms with Crippen LogP contribution in [-0.2, 0) is 6.54 Å². The van der Waals surface area contributed by atoms with Gasteiger partial charge in [-0.1, -0.05) is 12.8 Å². The molecule has 2 rings (SSSR count). The Morgan fingerprint density at radius 1 is 1.17 bits per heavy atom. The molecule has 0 radical (unpaired) electrons. The van der Waals surface area contributed by atoms with Crippen LogP contribution in [0, 0.1) is 0 Å². The van der Waals surface area contributed by atoms with Crippen LogP contribution in [0.3, 0.4) is 0 Å². The van der Waals surface area contributed by atoms with E-state index in [-0.39, 0.29) is 24.0 Å². The van der Waals surface area contributed by atoms with Gasteiger partial charge in [0, 0.05) is 6.04 Å². The fourth-order valence-corrected chi connectivity index (χ4v) is 2.47. The number of rotatable bonds is 3. The number of aromatic nitrogens is 3. The van der Waals surface area contributed by atoms with E-state index in [1.807, 2.05) is 7.05 Å². The third kappa shape index (κ3) is 3.05. The normalized spacial score (nSPS) is 24.4. The smallest absolute Gasteiger partial charge is 0.225 e. The van der Waals surface area contributed by atoms with Crippen LogP contribution >= 0.6 is 0 Å². The molecule has 7 nitrogen and oxygen atoms in total. The van der Waals surface area contributed by atoms with E-state index in [4.69, 9.17) is 11.5 Å². The zero-order valence-corrected chi connectivity index (χ0v) is 10.6. The number of nitrogens with zero attached hydrogens (tertiary/aromatic N) is 4. The number of nitrogen functional groups attached to an aromatic ring is 2. The molecule has 2 unspecified atom stereocenters. The lowest BCUT2D eigenvalue weighted by Gasteiger charge is -2.34. The largest absolute Gasteiger partial charge is 0.391 e. The highest BCUT2D eigenvalue weighted by Crippen LogP contribution is 2.23. The maximum atomic E-state index is 9.98. The average molecular weight is 252 g/mol. The Balaban J connectivity index is 2.03. The molecule has 100 valence electrons. The first-order chi connectivity index (χ1) is 8.56. The number of hydrogen-bond acceptors (Lipinski definition) is 7. The third-order valence-corrected chi connectivity index (χ3v) is 3.37. The maximum Gasteiger partial charge on any atom is 0.225 e. The summed E-state index contributed by atoms with van der Waals surface area (Å²) in [7, 11) is 1.95. The van der Waals surface area contributed by atoms with Crippen LogP contribution in [0.5, 0.6) is 0 Å². The number of hydrogen-bond donors (Lipinski definition) is 3. The number of nitrogens with two attached hydrogens (primary N) is 2. The molecular formula is C11H20N6O. The van der Waals surface area contributed by atoms with Gasteiger partial charge < -0.3 is 16.6 Å². The molecule has 1 aromatic heterocycles. The quantitative estimate of drug-likeness (QED) is 0.680. The summed E-state index contributed by atoms with van der Waals surface area (Å²) in [4.78, 5) is 13.9. The van der Waals surface area contributed by atoms with Gasteiger partial charge in [0.2, 0.25) is 11.9 Å². The monoisotopic (exact) mass is 252 g/mol. The van der Waals surface area contributed by atoms with E-state index in [0.717, 1.165) is 25.7 Å². The molecule has 0 aromatic carbocycles. The highest BCUT2D eigenvalue weighted by Gasteiger charge is 2.27. The molecule has 0 aliphatic heterocycles. The van der Waals surface area contributed by atoms with Crippen LogP contribution in [0.15, 0.2) is 0 Å². The highest BCUT2D eigenvalue weighted by atomic mass is 16.3. The van der Waals surface area contributed by atoms with Gasteiger partial charge >= 0.3 is 0 Å². The molecule has 1 fully saturated rings. The molecule has 0 spiro atoms. The molecule has 1 heterocycles. The van der Waals surface area contributed by atoms with Gasteiger partial charge in [0.1, 0.15) is 5.82 Å².